The summed E-state index contributed by atoms with van der Waals surface area (Å²) in [7, 11) is 1.62. The maximum atomic E-state index is 5.49. The zero-order valence-corrected chi connectivity index (χ0v) is 13.2. The second-order valence-electron chi connectivity index (χ2n) is 5.63. The first-order valence-corrected chi connectivity index (χ1v) is 7.84. The van der Waals surface area contributed by atoms with Gasteiger partial charge in [0.05, 0.1) is 12.8 Å². The number of ether oxygens (including phenoxy) is 1. The molecule has 1 aromatic rings. The van der Waals surface area contributed by atoms with Crippen LogP contribution in [0.2, 0.25) is 0 Å². The highest BCUT2D eigenvalue weighted by Gasteiger charge is 2.25. The van der Waals surface area contributed by atoms with E-state index in [1.165, 1.54) is 5.71 Å². The molecular weight excluding hydrogens is 282 g/mol. The lowest BCUT2D eigenvalue weighted by atomic mass is 10.1. The Morgan fingerprint density at radius 2 is 2.14 bits per heavy atom. The van der Waals surface area contributed by atoms with Crippen LogP contribution in [0.1, 0.15) is 19.8 Å². The molecule has 1 aromatic heterocycles. The smallest absolute Gasteiger partial charge is 0.228 e. The van der Waals surface area contributed by atoms with Crippen LogP contribution in [0.25, 0.3) is 0 Å². The summed E-state index contributed by atoms with van der Waals surface area (Å²) in [5, 5.41) is 4.13. The number of piperazine rings is 1. The van der Waals surface area contributed by atoms with Crippen molar-refractivity contribution >= 4 is 11.7 Å². The number of oxime groups is 1. The Morgan fingerprint density at radius 1 is 1.32 bits per heavy atom. The summed E-state index contributed by atoms with van der Waals surface area (Å²) in [5.74, 6) is 1.35. The van der Waals surface area contributed by atoms with Crippen LogP contribution in [0.4, 0.5) is 5.95 Å². The van der Waals surface area contributed by atoms with Gasteiger partial charge in [0.1, 0.15) is 6.10 Å². The number of methoxy groups -OCH3 is 1. The lowest BCUT2D eigenvalue weighted by Gasteiger charge is -2.35. The topological polar surface area (TPSA) is 63.1 Å². The Kier molecular flexibility index (Phi) is 4.72. The van der Waals surface area contributed by atoms with Crippen LogP contribution in [0.15, 0.2) is 17.4 Å². The monoisotopic (exact) mass is 305 g/mol. The minimum absolute atomic E-state index is 0.217. The molecule has 1 atom stereocenters. The van der Waals surface area contributed by atoms with Crippen molar-refractivity contribution in [3.63, 3.8) is 0 Å². The molecular formula is C15H23N5O2. The number of hydrogen-bond acceptors (Lipinski definition) is 7. The number of rotatable bonds is 5. The van der Waals surface area contributed by atoms with Crippen molar-refractivity contribution in [2.75, 3.05) is 44.7 Å². The number of anilines is 1. The molecule has 0 bridgehead atoms. The minimum Gasteiger partial charge on any atom is -0.481 e. The van der Waals surface area contributed by atoms with Gasteiger partial charge in [-0.15, -0.1) is 0 Å². The summed E-state index contributed by atoms with van der Waals surface area (Å²) in [4.78, 5) is 18.8. The second-order valence-corrected chi connectivity index (χ2v) is 5.63. The fourth-order valence-electron chi connectivity index (χ4n) is 2.81. The second kappa shape index (κ2) is 6.91. The third-order valence-electron chi connectivity index (χ3n) is 4.15. The van der Waals surface area contributed by atoms with Crippen LogP contribution in [0.3, 0.4) is 0 Å². The summed E-state index contributed by atoms with van der Waals surface area (Å²) >= 11 is 0. The van der Waals surface area contributed by atoms with Crippen molar-refractivity contribution in [3.05, 3.63) is 12.3 Å². The van der Waals surface area contributed by atoms with Crippen LogP contribution in [0, 0.1) is 0 Å². The first kappa shape index (κ1) is 15.0. The third-order valence-corrected chi connectivity index (χ3v) is 4.15. The molecule has 2 aliphatic heterocycles. The van der Waals surface area contributed by atoms with E-state index in [1.807, 2.05) is 0 Å². The molecule has 0 saturated carbocycles. The zero-order valence-electron chi connectivity index (χ0n) is 13.2. The van der Waals surface area contributed by atoms with Crippen molar-refractivity contribution in [3.8, 4) is 5.88 Å². The quantitative estimate of drug-likeness (QED) is 0.813. The molecule has 3 heterocycles. The molecule has 7 nitrogen and oxygen atoms in total. The highest BCUT2D eigenvalue weighted by atomic mass is 16.6. The van der Waals surface area contributed by atoms with E-state index in [0.717, 1.165) is 51.5 Å². The fourth-order valence-corrected chi connectivity index (χ4v) is 2.81. The molecule has 3 rings (SSSR count). The minimum atomic E-state index is 0.217. The normalized spacial score (nSPS) is 22.4. The third kappa shape index (κ3) is 3.47. The zero-order chi connectivity index (χ0) is 15.4. The molecule has 0 radical (unpaired) electrons. The fraction of sp³-hybridized carbons (Fsp3) is 0.667. The Morgan fingerprint density at radius 3 is 2.82 bits per heavy atom. The maximum Gasteiger partial charge on any atom is 0.228 e. The van der Waals surface area contributed by atoms with E-state index in [9.17, 15) is 0 Å². The van der Waals surface area contributed by atoms with E-state index in [2.05, 4.69) is 31.8 Å². The first-order chi connectivity index (χ1) is 10.8. The van der Waals surface area contributed by atoms with Gasteiger partial charge in [-0.1, -0.05) is 12.1 Å². The van der Waals surface area contributed by atoms with Gasteiger partial charge < -0.3 is 14.5 Å². The number of aromatic nitrogens is 2. The molecule has 1 unspecified atom stereocenters. The molecule has 1 fully saturated rings. The van der Waals surface area contributed by atoms with E-state index < -0.39 is 0 Å². The van der Waals surface area contributed by atoms with Gasteiger partial charge in [-0.25, -0.2) is 4.98 Å². The largest absolute Gasteiger partial charge is 0.481 e. The van der Waals surface area contributed by atoms with Gasteiger partial charge in [-0.2, -0.15) is 4.98 Å². The van der Waals surface area contributed by atoms with Crippen molar-refractivity contribution < 1.29 is 9.57 Å². The predicted octanol–water partition coefficient (Wildman–Crippen LogP) is 1.16. The van der Waals surface area contributed by atoms with Gasteiger partial charge in [0.25, 0.3) is 0 Å². The Hall–Kier alpha value is -1.89. The molecule has 0 aromatic carbocycles. The van der Waals surface area contributed by atoms with Crippen molar-refractivity contribution in [1.29, 1.82) is 0 Å². The predicted molar refractivity (Wildman–Crippen MR) is 84.5 cm³/mol. The Bertz CT molecular complexity index is 528. The van der Waals surface area contributed by atoms with E-state index >= 15 is 0 Å². The van der Waals surface area contributed by atoms with E-state index in [0.29, 0.717) is 5.88 Å². The van der Waals surface area contributed by atoms with Gasteiger partial charge in [0.15, 0.2) is 0 Å². The van der Waals surface area contributed by atoms with Crippen LogP contribution in [-0.4, -0.2) is 66.5 Å². The molecule has 0 spiro atoms. The van der Waals surface area contributed by atoms with Crippen molar-refractivity contribution in [2.24, 2.45) is 5.16 Å². The van der Waals surface area contributed by atoms with E-state index in [1.54, 1.807) is 19.4 Å². The average Bonchev–Trinajstić information content (AvgIpc) is 3.03. The van der Waals surface area contributed by atoms with Crippen molar-refractivity contribution in [2.45, 2.75) is 25.9 Å². The Balaban J connectivity index is 1.48. The molecule has 0 N–H and O–H groups in total. The van der Waals surface area contributed by atoms with Gasteiger partial charge in [0.2, 0.25) is 11.8 Å². The summed E-state index contributed by atoms with van der Waals surface area (Å²) in [5.41, 5.74) is 1.17. The average molecular weight is 305 g/mol. The molecule has 22 heavy (non-hydrogen) atoms. The standard InChI is InChI=1S/C15H23N5O2/c1-3-12-10-13(22-18-12)11-19-6-8-20(9-7-19)15-16-5-4-14(17-15)21-2/h4-5,13H,3,6-11H2,1-2H3. The number of hydrogen-bond donors (Lipinski definition) is 0. The summed E-state index contributed by atoms with van der Waals surface area (Å²) in [6.45, 7) is 6.88. The van der Waals surface area contributed by atoms with Crippen LogP contribution in [0.5, 0.6) is 5.88 Å². The van der Waals surface area contributed by atoms with Crippen LogP contribution in [-0.2, 0) is 4.84 Å². The Labute approximate surface area is 130 Å². The van der Waals surface area contributed by atoms with Gasteiger partial charge in [-0.05, 0) is 6.42 Å². The summed E-state index contributed by atoms with van der Waals surface area (Å²) in [6, 6.07) is 1.77. The number of nitrogens with zero attached hydrogens (tertiary/aromatic N) is 5. The highest BCUT2D eigenvalue weighted by Crippen LogP contribution is 2.17. The SMILES string of the molecule is CCC1=NOC(CN2CCN(c3nccc(OC)n3)CC2)C1. The molecule has 1 saturated heterocycles. The van der Waals surface area contributed by atoms with Gasteiger partial charge in [-0.3, -0.25) is 4.90 Å². The first-order valence-electron chi connectivity index (χ1n) is 7.84. The van der Waals surface area contributed by atoms with Gasteiger partial charge in [0, 0.05) is 51.4 Å². The lowest BCUT2D eigenvalue weighted by molar-refractivity contribution is 0.0509. The molecule has 120 valence electrons. The van der Waals surface area contributed by atoms with E-state index in [4.69, 9.17) is 9.57 Å². The summed E-state index contributed by atoms with van der Waals surface area (Å²) in [6.07, 6.45) is 3.91. The molecule has 0 amide bonds. The highest BCUT2D eigenvalue weighted by molar-refractivity contribution is 5.85. The van der Waals surface area contributed by atoms with E-state index in [-0.39, 0.29) is 6.10 Å². The molecule has 0 aliphatic carbocycles. The maximum absolute atomic E-state index is 5.49. The van der Waals surface area contributed by atoms with Crippen molar-refractivity contribution in [1.82, 2.24) is 14.9 Å². The van der Waals surface area contributed by atoms with Crippen LogP contribution >= 0.6 is 0 Å². The molecule has 7 heteroatoms. The van der Waals surface area contributed by atoms with Crippen LogP contribution < -0.4 is 9.64 Å². The lowest BCUT2D eigenvalue weighted by Crippen LogP contribution is -2.49. The molecule has 2 aliphatic rings. The van der Waals surface area contributed by atoms with Gasteiger partial charge >= 0.3 is 0 Å². The summed E-state index contributed by atoms with van der Waals surface area (Å²) < 4.78 is 5.16.